The first-order chi connectivity index (χ1) is 8.69. The average molecular weight is 252 g/mol. The highest BCUT2D eigenvalue weighted by Gasteiger charge is 2.03. The lowest BCUT2D eigenvalue weighted by Crippen LogP contribution is -2.30. The van der Waals surface area contributed by atoms with E-state index < -0.39 is 0 Å². The fourth-order valence-corrected chi connectivity index (χ4v) is 1.75. The normalized spacial score (nSPS) is 10.6. The highest BCUT2D eigenvalue weighted by Crippen LogP contribution is 2.06. The van der Waals surface area contributed by atoms with E-state index in [2.05, 4.69) is 24.3 Å². The zero-order chi connectivity index (χ0) is 13.4. The molecule has 1 aromatic rings. The molecule has 1 aromatic heterocycles. The van der Waals surface area contributed by atoms with E-state index in [4.69, 9.17) is 0 Å². The summed E-state index contributed by atoms with van der Waals surface area (Å²) in [7, 11) is 1.98. The summed E-state index contributed by atoms with van der Waals surface area (Å²) in [5.74, 6) is 0. The smallest absolute Gasteiger partial charge is 0.268 e. The fraction of sp³-hybridized carbons (Fsp3) is 0.692. The van der Waals surface area contributed by atoms with Gasteiger partial charge in [-0.2, -0.15) is 5.10 Å². The van der Waals surface area contributed by atoms with Crippen molar-refractivity contribution in [2.24, 2.45) is 0 Å². The Morgan fingerprint density at radius 2 is 2.11 bits per heavy atom. The zero-order valence-electron chi connectivity index (χ0n) is 11.6. The number of aromatic nitrogens is 2. The second kappa shape index (κ2) is 7.87. The molecule has 102 valence electrons. The fourth-order valence-electron chi connectivity index (χ4n) is 1.75. The van der Waals surface area contributed by atoms with E-state index in [-0.39, 0.29) is 5.56 Å². The Morgan fingerprint density at radius 3 is 2.72 bits per heavy atom. The van der Waals surface area contributed by atoms with Crippen LogP contribution in [-0.4, -0.2) is 36.5 Å². The average Bonchev–Trinajstić information content (AvgIpc) is 2.36. The number of hydrogen-bond donors (Lipinski definition) is 1. The highest BCUT2D eigenvalue weighted by atomic mass is 16.1. The third-order valence-corrected chi connectivity index (χ3v) is 2.78. The number of hydrogen-bond acceptors (Lipinski definition) is 4. The van der Waals surface area contributed by atoms with E-state index in [1.807, 2.05) is 11.9 Å². The van der Waals surface area contributed by atoms with E-state index in [0.29, 0.717) is 6.54 Å². The van der Waals surface area contributed by atoms with Crippen molar-refractivity contribution in [3.05, 3.63) is 22.6 Å². The molecule has 0 aliphatic heterocycles. The molecule has 0 saturated heterocycles. The van der Waals surface area contributed by atoms with Crippen molar-refractivity contribution in [1.82, 2.24) is 15.1 Å². The molecule has 0 spiro atoms. The van der Waals surface area contributed by atoms with Gasteiger partial charge in [0, 0.05) is 26.2 Å². The second-order valence-corrected chi connectivity index (χ2v) is 4.45. The molecule has 0 atom stereocenters. The third kappa shape index (κ3) is 4.49. The summed E-state index contributed by atoms with van der Waals surface area (Å²) < 4.78 is 1.51. The van der Waals surface area contributed by atoms with Crippen LogP contribution >= 0.6 is 0 Å². The van der Waals surface area contributed by atoms with Crippen LogP contribution in [0.1, 0.15) is 26.7 Å². The maximum Gasteiger partial charge on any atom is 0.268 e. The first-order valence-electron chi connectivity index (χ1n) is 6.68. The Labute approximate surface area is 109 Å². The van der Waals surface area contributed by atoms with E-state index in [9.17, 15) is 4.79 Å². The standard InChI is InChI=1S/C13H24N4O/c1-4-6-14-7-9-17-13(18)10-12(11-15-17)16(3)8-5-2/h10-11,14H,4-9H2,1-3H3. The number of nitrogens with one attached hydrogen (secondary N) is 1. The lowest BCUT2D eigenvalue weighted by Gasteiger charge is -2.17. The monoisotopic (exact) mass is 252 g/mol. The summed E-state index contributed by atoms with van der Waals surface area (Å²) in [6.45, 7) is 7.55. The largest absolute Gasteiger partial charge is 0.373 e. The molecule has 5 nitrogen and oxygen atoms in total. The van der Waals surface area contributed by atoms with Crippen LogP contribution in [0.2, 0.25) is 0 Å². The van der Waals surface area contributed by atoms with Crippen molar-refractivity contribution in [1.29, 1.82) is 0 Å². The lowest BCUT2D eigenvalue weighted by atomic mass is 10.3. The Hall–Kier alpha value is -1.36. The van der Waals surface area contributed by atoms with Crippen molar-refractivity contribution in [3.8, 4) is 0 Å². The molecule has 5 heteroatoms. The quantitative estimate of drug-likeness (QED) is 0.704. The molecule has 0 bridgehead atoms. The predicted octanol–water partition coefficient (Wildman–Crippen LogP) is 1.09. The number of nitrogens with zero attached hydrogens (tertiary/aromatic N) is 3. The molecule has 0 aliphatic carbocycles. The molecular formula is C13H24N4O. The van der Waals surface area contributed by atoms with Crippen LogP contribution < -0.4 is 15.8 Å². The molecule has 18 heavy (non-hydrogen) atoms. The number of anilines is 1. The van der Waals surface area contributed by atoms with Crippen LogP contribution in [0.15, 0.2) is 17.1 Å². The molecule has 0 aliphatic rings. The van der Waals surface area contributed by atoms with Crippen LogP contribution in [0.3, 0.4) is 0 Å². The van der Waals surface area contributed by atoms with Gasteiger partial charge in [-0.25, -0.2) is 4.68 Å². The van der Waals surface area contributed by atoms with Crippen LogP contribution in [0.25, 0.3) is 0 Å². The van der Waals surface area contributed by atoms with E-state index in [1.165, 1.54) is 4.68 Å². The van der Waals surface area contributed by atoms with Gasteiger partial charge in [-0.05, 0) is 19.4 Å². The molecule has 1 rings (SSSR count). The second-order valence-electron chi connectivity index (χ2n) is 4.45. The molecular weight excluding hydrogens is 228 g/mol. The van der Waals surface area contributed by atoms with Crippen molar-refractivity contribution in [2.45, 2.75) is 33.2 Å². The van der Waals surface area contributed by atoms with Crippen LogP contribution in [-0.2, 0) is 6.54 Å². The minimum Gasteiger partial charge on any atom is -0.373 e. The van der Waals surface area contributed by atoms with Gasteiger partial charge in [-0.1, -0.05) is 13.8 Å². The minimum atomic E-state index is -0.0336. The SMILES string of the molecule is CCCNCCn1ncc(N(C)CCC)cc1=O. The summed E-state index contributed by atoms with van der Waals surface area (Å²) >= 11 is 0. The molecule has 0 unspecified atom stereocenters. The zero-order valence-corrected chi connectivity index (χ0v) is 11.6. The van der Waals surface area contributed by atoms with Gasteiger partial charge in [-0.3, -0.25) is 4.79 Å². The topological polar surface area (TPSA) is 50.2 Å². The third-order valence-electron chi connectivity index (χ3n) is 2.78. The first kappa shape index (κ1) is 14.7. The van der Waals surface area contributed by atoms with Gasteiger partial charge in [0.25, 0.3) is 5.56 Å². The van der Waals surface area contributed by atoms with Gasteiger partial charge in [0.1, 0.15) is 0 Å². The number of rotatable bonds is 8. The van der Waals surface area contributed by atoms with Crippen molar-refractivity contribution < 1.29 is 0 Å². The summed E-state index contributed by atoms with van der Waals surface area (Å²) in [5.41, 5.74) is 0.855. The van der Waals surface area contributed by atoms with Gasteiger partial charge < -0.3 is 10.2 Å². The van der Waals surface area contributed by atoms with Gasteiger partial charge >= 0.3 is 0 Å². The summed E-state index contributed by atoms with van der Waals surface area (Å²) in [6, 6.07) is 1.66. The molecule has 0 amide bonds. The first-order valence-corrected chi connectivity index (χ1v) is 6.68. The van der Waals surface area contributed by atoms with Gasteiger partial charge in [0.15, 0.2) is 0 Å². The summed E-state index contributed by atoms with van der Waals surface area (Å²) in [4.78, 5) is 13.9. The Bertz CT molecular complexity index is 402. The molecule has 0 aromatic carbocycles. The van der Waals surface area contributed by atoms with Crippen LogP contribution in [0.4, 0.5) is 5.69 Å². The Kier molecular flexibility index (Phi) is 6.43. The molecule has 1 heterocycles. The molecule has 1 N–H and O–H groups in total. The van der Waals surface area contributed by atoms with Crippen molar-refractivity contribution in [2.75, 3.05) is 31.6 Å². The maximum atomic E-state index is 11.9. The Morgan fingerprint density at radius 1 is 1.33 bits per heavy atom. The lowest BCUT2D eigenvalue weighted by molar-refractivity contribution is 0.531. The summed E-state index contributed by atoms with van der Waals surface area (Å²) in [6.07, 6.45) is 3.92. The Balaban J connectivity index is 2.59. The minimum absolute atomic E-state index is 0.0336. The van der Waals surface area contributed by atoms with Crippen LogP contribution in [0.5, 0.6) is 0 Å². The predicted molar refractivity (Wildman–Crippen MR) is 75.2 cm³/mol. The van der Waals surface area contributed by atoms with Gasteiger partial charge in [0.2, 0.25) is 0 Å². The molecule has 0 radical (unpaired) electrons. The molecule has 0 fully saturated rings. The van der Waals surface area contributed by atoms with E-state index in [0.717, 1.165) is 38.2 Å². The summed E-state index contributed by atoms with van der Waals surface area (Å²) in [5, 5.41) is 7.46. The van der Waals surface area contributed by atoms with Gasteiger partial charge in [0.05, 0.1) is 18.4 Å². The van der Waals surface area contributed by atoms with Crippen LogP contribution in [0, 0.1) is 0 Å². The van der Waals surface area contributed by atoms with E-state index in [1.54, 1.807) is 12.3 Å². The maximum absolute atomic E-state index is 11.9. The highest BCUT2D eigenvalue weighted by molar-refractivity contribution is 5.41. The van der Waals surface area contributed by atoms with Crippen molar-refractivity contribution in [3.63, 3.8) is 0 Å². The molecule has 0 saturated carbocycles. The van der Waals surface area contributed by atoms with Crippen molar-refractivity contribution >= 4 is 5.69 Å². The van der Waals surface area contributed by atoms with E-state index >= 15 is 0 Å². The van der Waals surface area contributed by atoms with Gasteiger partial charge in [-0.15, -0.1) is 0 Å².